The molecule has 9 heteroatoms. The fourth-order valence-electron chi connectivity index (χ4n) is 3.51. The van der Waals surface area contributed by atoms with Gasteiger partial charge in [-0.1, -0.05) is 17.3 Å². The molecule has 1 fully saturated rings. The average molecular weight is 431 g/mol. The fraction of sp³-hybridized carbons (Fsp3) is 0.333. The lowest BCUT2D eigenvalue weighted by Crippen LogP contribution is -2.38. The van der Waals surface area contributed by atoms with E-state index in [2.05, 4.69) is 10.1 Å². The number of hydrogen-bond acceptors (Lipinski definition) is 6. The van der Waals surface area contributed by atoms with Gasteiger partial charge in [-0.15, -0.1) is 0 Å². The standard InChI is InChI=1S/C21H22FN3O4S/c1-14-6-7-18(13-19(14)22)30(26,27)25-10-8-15(9-11-25)20-23-21(29-24-20)16-4-3-5-17(12-16)28-2/h3-7,12-13,15H,8-11H2,1-2H3. The number of piperidine rings is 1. The summed E-state index contributed by atoms with van der Waals surface area (Å²) in [5.74, 6) is 1.12. The summed E-state index contributed by atoms with van der Waals surface area (Å²) in [4.78, 5) is 4.47. The number of sulfonamides is 1. The van der Waals surface area contributed by atoms with Gasteiger partial charge in [-0.05, 0) is 55.7 Å². The number of rotatable bonds is 5. The van der Waals surface area contributed by atoms with Gasteiger partial charge in [-0.2, -0.15) is 9.29 Å². The van der Waals surface area contributed by atoms with E-state index in [4.69, 9.17) is 9.26 Å². The minimum atomic E-state index is -3.74. The van der Waals surface area contributed by atoms with Crippen molar-refractivity contribution in [1.82, 2.24) is 14.4 Å². The Bertz CT molecular complexity index is 1150. The Kier molecular flexibility index (Phi) is 5.57. The van der Waals surface area contributed by atoms with Crippen molar-refractivity contribution in [2.45, 2.75) is 30.6 Å². The normalized spacial score (nSPS) is 16.0. The van der Waals surface area contributed by atoms with Crippen LogP contribution in [-0.4, -0.2) is 43.1 Å². The van der Waals surface area contributed by atoms with Crippen molar-refractivity contribution >= 4 is 10.0 Å². The first-order valence-corrected chi connectivity index (χ1v) is 11.1. The van der Waals surface area contributed by atoms with Crippen molar-refractivity contribution in [3.8, 4) is 17.2 Å². The molecule has 30 heavy (non-hydrogen) atoms. The molecule has 0 spiro atoms. The number of aryl methyl sites for hydroxylation is 1. The van der Waals surface area contributed by atoms with E-state index in [1.807, 2.05) is 24.3 Å². The number of nitrogens with zero attached hydrogens (tertiary/aromatic N) is 3. The molecule has 0 N–H and O–H groups in total. The summed E-state index contributed by atoms with van der Waals surface area (Å²) < 4.78 is 51.5. The van der Waals surface area contributed by atoms with Gasteiger partial charge < -0.3 is 9.26 Å². The summed E-state index contributed by atoms with van der Waals surface area (Å²) in [5.41, 5.74) is 1.17. The number of halogens is 1. The van der Waals surface area contributed by atoms with Crippen molar-refractivity contribution < 1.29 is 22.1 Å². The van der Waals surface area contributed by atoms with Crippen LogP contribution in [0.3, 0.4) is 0 Å². The second-order valence-corrected chi connectivity index (χ2v) is 9.22. The number of benzene rings is 2. The van der Waals surface area contributed by atoms with Gasteiger partial charge in [0.2, 0.25) is 10.0 Å². The third kappa shape index (κ3) is 3.95. The zero-order valence-corrected chi connectivity index (χ0v) is 17.5. The van der Waals surface area contributed by atoms with Crippen LogP contribution in [0.4, 0.5) is 4.39 Å². The van der Waals surface area contributed by atoms with E-state index < -0.39 is 15.8 Å². The SMILES string of the molecule is COc1cccc(-c2nc(C3CCN(S(=O)(=O)c4ccc(C)c(F)c4)CC3)no2)c1. The smallest absolute Gasteiger partial charge is 0.258 e. The summed E-state index contributed by atoms with van der Waals surface area (Å²) in [6.45, 7) is 2.22. The predicted octanol–water partition coefficient (Wildman–Crippen LogP) is 3.76. The lowest BCUT2D eigenvalue weighted by Gasteiger charge is -2.29. The number of methoxy groups -OCH3 is 1. The Labute approximate surface area is 174 Å². The quantitative estimate of drug-likeness (QED) is 0.611. The first-order chi connectivity index (χ1) is 14.4. The molecule has 2 aromatic carbocycles. The summed E-state index contributed by atoms with van der Waals surface area (Å²) in [6.07, 6.45) is 1.12. The van der Waals surface area contributed by atoms with Gasteiger partial charge in [0.05, 0.1) is 12.0 Å². The molecule has 1 saturated heterocycles. The highest BCUT2D eigenvalue weighted by Crippen LogP contribution is 2.31. The van der Waals surface area contributed by atoms with Crippen LogP contribution in [0.5, 0.6) is 5.75 Å². The number of ether oxygens (including phenoxy) is 1. The van der Waals surface area contributed by atoms with Gasteiger partial charge in [0.15, 0.2) is 5.82 Å². The molecule has 2 heterocycles. The lowest BCUT2D eigenvalue weighted by molar-refractivity contribution is 0.307. The van der Waals surface area contributed by atoms with Crippen molar-refractivity contribution in [1.29, 1.82) is 0 Å². The molecule has 1 aliphatic heterocycles. The lowest BCUT2D eigenvalue weighted by atomic mass is 9.97. The van der Waals surface area contributed by atoms with E-state index in [0.29, 0.717) is 49.0 Å². The van der Waals surface area contributed by atoms with E-state index in [9.17, 15) is 12.8 Å². The topological polar surface area (TPSA) is 85.5 Å². The largest absolute Gasteiger partial charge is 0.497 e. The third-order valence-corrected chi connectivity index (χ3v) is 7.25. The molecular formula is C21H22FN3O4S. The highest BCUT2D eigenvalue weighted by atomic mass is 32.2. The predicted molar refractivity (Wildman–Crippen MR) is 108 cm³/mol. The van der Waals surface area contributed by atoms with E-state index in [1.165, 1.54) is 16.4 Å². The van der Waals surface area contributed by atoms with E-state index >= 15 is 0 Å². The van der Waals surface area contributed by atoms with Gasteiger partial charge in [0, 0.05) is 24.6 Å². The molecule has 4 rings (SSSR count). The van der Waals surface area contributed by atoms with Gasteiger partial charge in [0.25, 0.3) is 5.89 Å². The molecule has 1 aromatic heterocycles. The summed E-state index contributed by atoms with van der Waals surface area (Å²) in [7, 11) is -2.15. The molecule has 0 radical (unpaired) electrons. The van der Waals surface area contributed by atoms with E-state index in [0.717, 1.165) is 11.6 Å². The van der Waals surface area contributed by atoms with Gasteiger partial charge in [-0.3, -0.25) is 0 Å². The zero-order valence-electron chi connectivity index (χ0n) is 16.7. The Balaban J connectivity index is 1.46. The van der Waals surface area contributed by atoms with Gasteiger partial charge in [0.1, 0.15) is 11.6 Å². The van der Waals surface area contributed by atoms with Crippen LogP contribution < -0.4 is 4.74 Å². The molecule has 7 nitrogen and oxygen atoms in total. The summed E-state index contributed by atoms with van der Waals surface area (Å²) >= 11 is 0. The van der Waals surface area contributed by atoms with Crippen molar-refractivity contribution in [3.05, 3.63) is 59.7 Å². The highest BCUT2D eigenvalue weighted by molar-refractivity contribution is 7.89. The minimum absolute atomic E-state index is 0.00527. The maximum atomic E-state index is 13.8. The van der Waals surface area contributed by atoms with Crippen LogP contribution in [0.2, 0.25) is 0 Å². The molecule has 3 aromatic rings. The Morgan fingerprint density at radius 3 is 2.63 bits per heavy atom. The van der Waals surface area contributed by atoms with E-state index in [-0.39, 0.29) is 10.8 Å². The maximum Gasteiger partial charge on any atom is 0.258 e. The average Bonchev–Trinajstić information content (AvgIpc) is 3.26. The Morgan fingerprint density at radius 1 is 1.17 bits per heavy atom. The van der Waals surface area contributed by atoms with Crippen molar-refractivity contribution in [2.24, 2.45) is 0 Å². The molecule has 1 aliphatic rings. The van der Waals surface area contributed by atoms with E-state index in [1.54, 1.807) is 14.0 Å². The third-order valence-electron chi connectivity index (χ3n) is 5.36. The maximum absolute atomic E-state index is 13.8. The van der Waals surface area contributed by atoms with Crippen LogP contribution >= 0.6 is 0 Å². The van der Waals surface area contributed by atoms with Gasteiger partial charge in [-0.25, -0.2) is 12.8 Å². The molecule has 158 valence electrons. The van der Waals surface area contributed by atoms with Crippen molar-refractivity contribution in [3.63, 3.8) is 0 Å². The minimum Gasteiger partial charge on any atom is -0.497 e. The fourth-order valence-corrected chi connectivity index (χ4v) is 4.99. The molecule has 0 unspecified atom stereocenters. The van der Waals surface area contributed by atoms with Crippen LogP contribution in [0.25, 0.3) is 11.5 Å². The summed E-state index contributed by atoms with van der Waals surface area (Å²) in [6, 6.07) is 11.3. The van der Waals surface area contributed by atoms with Crippen LogP contribution in [0, 0.1) is 12.7 Å². The summed E-state index contributed by atoms with van der Waals surface area (Å²) in [5, 5.41) is 4.09. The second kappa shape index (κ2) is 8.16. The molecule has 0 bridgehead atoms. The van der Waals surface area contributed by atoms with Crippen LogP contribution in [-0.2, 0) is 10.0 Å². The van der Waals surface area contributed by atoms with Crippen LogP contribution in [0.15, 0.2) is 51.9 Å². The molecule has 0 aliphatic carbocycles. The van der Waals surface area contributed by atoms with Gasteiger partial charge >= 0.3 is 0 Å². The Morgan fingerprint density at radius 2 is 1.93 bits per heavy atom. The number of hydrogen-bond donors (Lipinski definition) is 0. The first kappa shape index (κ1) is 20.5. The first-order valence-electron chi connectivity index (χ1n) is 9.63. The number of aromatic nitrogens is 2. The molecular weight excluding hydrogens is 409 g/mol. The monoisotopic (exact) mass is 431 g/mol. The van der Waals surface area contributed by atoms with Crippen molar-refractivity contribution in [2.75, 3.05) is 20.2 Å². The zero-order chi connectivity index (χ0) is 21.3. The van der Waals surface area contributed by atoms with Crippen LogP contribution in [0.1, 0.15) is 30.1 Å². The molecule has 0 saturated carbocycles. The Hall–Kier alpha value is -2.78. The second-order valence-electron chi connectivity index (χ2n) is 7.28. The molecule has 0 amide bonds. The highest BCUT2D eigenvalue weighted by Gasteiger charge is 2.32. The molecule has 0 atom stereocenters.